The SMILES string of the molecule is NC(=O)c1ccccc1CN1CCOCC1. The molecule has 1 aliphatic heterocycles. The van der Waals surface area contributed by atoms with Gasteiger partial charge in [-0.05, 0) is 11.6 Å². The molecule has 1 aromatic carbocycles. The lowest BCUT2D eigenvalue weighted by atomic mass is 10.1. The number of primary amides is 1. The minimum Gasteiger partial charge on any atom is -0.379 e. The molecule has 0 unspecified atom stereocenters. The van der Waals surface area contributed by atoms with Gasteiger partial charge in [-0.1, -0.05) is 18.2 Å². The predicted molar refractivity (Wildman–Crippen MR) is 61.1 cm³/mol. The summed E-state index contributed by atoms with van der Waals surface area (Å²) in [5.41, 5.74) is 6.95. The molecule has 4 heteroatoms. The lowest BCUT2D eigenvalue weighted by molar-refractivity contribution is 0.0341. The van der Waals surface area contributed by atoms with Crippen LogP contribution in [0.3, 0.4) is 0 Å². The fraction of sp³-hybridized carbons (Fsp3) is 0.417. The van der Waals surface area contributed by atoms with Crippen LogP contribution in [0, 0.1) is 0 Å². The number of rotatable bonds is 3. The van der Waals surface area contributed by atoms with E-state index in [0.717, 1.165) is 38.4 Å². The first-order chi connectivity index (χ1) is 7.77. The molecule has 4 nitrogen and oxygen atoms in total. The van der Waals surface area contributed by atoms with Crippen LogP contribution in [-0.4, -0.2) is 37.1 Å². The zero-order valence-corrected chi connectivity index (χ0v) is 9.19. The van der Waals surface area contributed by atoms with Gasteiger partial charge in [-0.3, -0.25) is 9.69 Å². The number of hydrogen-bond acceptors (Lipinski definition) is 3. The lowest BCUT2D eigenvalue weighted by Crippen LogP contribution is -2.36. The molecule has 0 bridgehead atoms. The highest BCUT2D eigenvalue weighted by molar-refractivity contribution is 5.94. The van der Waals surface area contributed by atoms with Crippen LogP contribution >= 0.6 is 0 Å². The summed E-state index contributed by atoms with van der Waals surface area (Å²) in [5.74, 6) is -0.358. The van der Waals surface area contributed by atoms with Crippen LogP contribution in [0.4, 0.5) is 0 Å². The summed E-state index contributed by atoms with van der Waals surface area (Å²) < 4.78 is 5.28. The second kappa shape index (κ2) is 5.09. The third-order valence-electron chi connectivity index (χ3n) is 2.78. The molecule has 1 heterocycles. The number of amides is 1. The number of morpholine rings is 1. The van der Waals surface area contributed by atoms with E-state index in [4.69, 9.17) is 10.5 Å². The van der Waals surface area contributed by atoms with Crippen molar-refractivity contribution in [2.45, 2.75) is 6.54 Å². The van der Waals surface area contributed by atoms with Gasteiger partial charge in [-0.25, -0.2) is 0 Å². The van der Waals surface area contributed by atoms with Crippen molar-refractivity contribution in [2.24, 2.45) is 5.73 Å². The van der Waals surface area contributed by atoms with Crippen LogP contribution < -0.4 is 5.73 Å². The largest absolute Gasteiger partial charge is 0.379 e. The average Bonchev–Trinajstić information content (AvgIpc) is 2.31. The predicted octanol–water partition coefficient (Wildman–Crippen LogP) is 0.618. The van der Waals surface area contributed by atoms with E-state index in [0.29, 0.717) is 5.56 Å². The highest BCUT2D eigenvalue weighted by Gasteiger charge is 2.14. The molecule has 1 aromatic rings. The molecule has 2 rings (SSSR count). The smallest absolute Gasteiger partial charge is 0.249 e. The molecule has 0 radical (unpaired) electrons. The van der Waals surface area contributed by atoms with Gasteiger partial charge in [-0.15, -0.1) is 0 Å². The second-order valence-electron chi connectivity index (χ2n) is 3.91. The van der Waals surface area contributed by atoms with E-state index in [2.05, 4.69) is 4.90 Å². The van der Waals surface area contributed by atoms with Crippen molar-refractivity contribution in [3.63, 3.8) is 0 Å². The van der Waals surface area contributed by atoms with Gasteiger partial charge in [0.25, 0.3) is 0 Å². The van der Waals surface area contributed by atoms with Crippen LogP contribution in [0.2, 0.25) is 0 Å². The molecule has 0 spiro atoms. The van der Waals surface area contributed by atoms with Crippen molar-refractivity contribution in [1.82, 2.24) is 4.90 Å². The molecular weight excluding hydrogens is 204 g/mol. The first-order valence-electron chi connectivity index (χ1n) is 5.45. The fourth-order valence-corrected chi connectivity index (χ4v) is 1.90. The molecule has 0 aromatic heterocycles. The Balaban J connectivity index is 2.10. The van der Waals surface area contributed by atoms with Gasteiger partial charge >= 0.3 is 0 Å². The third kappa shape index (κ3) is 2.59. The van der Waals surface area contributed by atoms with E-state index in [1.165, 1.54) is 0 Å². The minimum absolute atomic E-state index is 0.358. The Morgan fingerprint density at radius 3 is 2.69 bits per heavy atom. The van der Waals surface area contributed by atoms with E-state index in [9.17, 15) is 4.79 Å². The fourth-order valence-electron chi connectivity index (χ4n) is 1.90. The Hall–Kier alpha value is -1.39. The van der Waals surface area contributed by atoms with Gasteiger partial charge in [0.05, 0.1) is 13.2 Å². The van der Waals surface area contributed by atoms with Crippen molar-refractivity contribution < 1.29 is 9.53 Å². The normalized spacial score (nSPS) is 17.2. The average molecular weight is 220 g/mol. The monoisotopic (exact) mass is 220 g/mol. The number of carbonyl (C=O) groups is 1. The number of nitrogens with zero attached hydrogens (tertiary/aromatic N) is 1. The first-order valence-corrected chi connectivity index (χ1v) is 5.45. The Labute approximate surface area is 95.0 Å². The van der Waals surface area contributed by atoms with Gasteiger partial charge < -0.3 is 10.5 Å². The van der Waals surface area contributed by atoms with Gasteiger partial charge in [0.2, 0.25) is 5.91 Å². The van der Waals surface area contributed by atoms with Crippen LogP contribution in [-0.2, 0) is 11.3 Å². The summed E-state index contributed by atoms with van der Waals surface area (Å²) in [6, 6.07) is 7.50. The van der Waals surface area contributed by atoms with Crippen LogP contribution in [0.1, 0.15) is 15.9 Å². The molecule has 16 heavy (non-hydrogen) atoms. The number of ether oxygens (including phenoxy) is 1. The molecule has 0 aliphatic carbocycles. The summed E-state index contributed by atoms with van der Waals surface area (Å²) >= 11 is 0. The summed E-state index contributed by atoms with van der Waals surface area (Å²) in [7, 11) is 0. The molecule has 2 N–H and O–H groups in total. The Morgan fingerprint density at radius 1 is 1.31 bits per heavy atom. The Bertz CT molecular complexity index is 373. The maximum absolute atomic E-state index is 11.2. The van der Waals surface area contributed by atoms with Crippen molar-refractivity contribution in [3.8, 4) is 0 Å². The molecule has 0 atom stereocenters. The standard InChI is InChI=1S/C12H16N2O2/c13-12(15)11-4-2-1-3-10(11)9-14-5-7-16-8-6-14/h1-4H,5-9H2,(H2,13,15). The summed E-state index contributed by atoms with van der Waals surface area (Å²) in [6.07, 6.45) is 0. The van der Waals surface area contributed by atoms with E-state index < -0.39 is 0 Å². The van der Waals surface area contributed by atoms with E-state index >= 15 is 0 Å². The highest BCUT2D eigenvalue weighted by atomic mass is 16.5. The maximum atomic E-state index is 11.2. The van der Waals surface area contributed by atoms with E-state index in [1.54, 1.807) is 6.07 Å². The number of carbonyl (C=O) groups excluding carboxylic acids is 1. The van der Waals surface area contributed by atoms with Crippen molar-refractivity contribution in [3.05, 3.63) is 35.4 Å². The van der Waals surface area contributed by atoms with E-state index in [1.807, 2.05) is 18.2 Å². The summed E-state index contributed by atoms with van der Waals surface area (Å²) in [4.78, 5) is 13.5. The molecule has 1 saturated heterocycles. The van der Waals surface area contributed by atoms with Crippen LogP contribution in [0.25, 0.3) is 0 Å². The first kappa shape index (κ1) is 11.1. The van der Waals surface area contributed by atoms with Crippen molar-refractivity contribution in [1.29, 1.82) is 0 Å². The third-order valence-corrected chi connectivity index (χ3v) is 2.78. The molecule has 1 aliphatic rings. The van der Waals surface area contributed by atoms with Gasteiger partial charge in [-0.2, -0.15) is 0 Å². The summed E-state index contributed by atoms with van der Waals surface area (Å²) in [5, 5.41) is 0. The van der Waals surface area contributed by atoms with Crippen molar-refractivity contribution in [2.75, 3.05) is 26.3 Å². The molecular formula is C12H16N2O2. The van der Waals surface area contributed by atoms with Crippen molar-refractivity contribution >= 4 is 5.91 Å². The number of hydrogen-bond donors (Lipinski definition) is 1. The van der Waals surface area contributed by atoms with Gasteiger partial charge in [0, 0.05) is 25.2 Å². The van der Waals surface area contributed by atoms with Gasteiger partial charge in [0.1, 0.15) is 0 Å². The molecule has 1 amide bonds. The molecule has 86 valence electrons. The lowest BCUT2D eigenvalue weighted by Gasteiger charge is -2.27. The zero-order valence-electron chi connectivity index (χ0n) is 9.19. The van der Waals surface area contributed by atoms with Crippen LogP contribution in [0.15, 0.2) is 24.3 Å². The Kier molecular flexibility index (Phi) is 3.54. The Morgan fingerprint density at radius 2 is 2.00 bits per heavy atom. The quantitative estimate of drug-likeness (QED) is 0.812. The number of nitrogens with two attached hydrogens (primary N) is 1. The van der Waals surface area contributed by atoms with E-state index in [-0.39, 0.29) is 5.91 Å². The molecule has 0 saturated carbocycles. The number of benzene rings is 1. The topological polar surface area (TPSA) is 55.6 Å². The van der Waals surface area contributed by atoms with Gasteiger partial charge in [0.15, 0.2) is 0 Å². The highest BCUT2D eigenvalue weighted by Crippen LogP contribution is 2.12. The maximum Gasteiger partial charge on any atom is 0.249 e. The zero-order chi connectivity index (χ0) is 11.4. The second-order valence-corrected chi connectivity index (χ2v) is 3.91. The minimum atomic E-state index is -0.358. The summed E-state index contributed by atoms with van der Waals surface area (Å²) in [6.45, 7) is 4.11. The molecule has 1 fully saturated rings. The van der Waals surface area contributed by atoms with Crippen LogP contribution in [0.5, 0.6) is 0 Å².